The lowest BCUT2D eigenvalue weighted by Gasteiger charge is -2.22. The van der Waals surface area contributed by atoms with Crippen molar-refractivity contribution in [2.24, 2.45) is 0 Å². The van der Waals surface area contributed by atoms with E-state index in [1.165, 1.54) is 23.3 Å². The van der Waals surface area contributed by atoms with E-state index in [2.05, 4.69) is 41.1 Å². The zero-order chi connectivity index (χ0) is 18.5. The Kier molecular flexibility index (Phi) is 5.81. The zero-order valence-electron chi connectivity index (χ0n) is 15.1. The number of pyridine rings is 1. The van der Waals surface area contributed by atoms with E-state index in [4.69, 9.17) is 4.74 Å². The fraction of sp³-hybridized carbons (Fsp3) is 0.286. The predicted molar refractivity (Wildman–Crippen MR) is 102 cm³/mol. The van der Waals surface area contributed by atoms with Crippen molar-refractivity contribution < 1.29 is 9.13 Å². The number of nitrogens with one attached hydrogen (secondary N) is 1. The minimum absolute atomic E-state index is 0.186. The summed E-state index contributed by atoms with van der Waals surface area (Å²) in [6.07, 6.45) is 0. The van der Waals surface area contributed by atoms with E-state index in [9.17, 15) is 9.18 Å². The average molecular weight is 354 g/mol. The number of fused-ring (bicyclic) bond motifs is 1. The highest BCUT2D eigenvalue weighted by atomic mass is 19.1. The molecule has 0 atom stereocenters. The first kappa shape index (κ1) is 18.3. The van der Waals surface area contributed by atoms with Crippen LogP contribution in [0.2, 0.25) is 0 Å². The summed E-state index contributed by atoms with van der Waals surface area (Å²) >= 11 is 0. The third-order valence-electron chi connectivity index (χ3n) is 4.42. The van der Waals surface area contributed by atoms with Crippen molar-refractivity contribution in [3.63, 3.8) is 0 Å². The fourth-order valence-electron chi connectivity index (χ4n) is 2.96. The molecule has 136 valence electrons. The maximum Gasteiger partial charge on any atom is 0.252 e. The first-order valence-corrected chi connectivity index (χ1v) is 8.63. The molecule has 1 aromatic heterocycles. The highest BCUT2D eigenvalue weighted by molar-refractivity contribution is 5.78. The van der Waals surface area contributed by atoms with E-state index >= 15 is 0 Å². The molecule has 3 aromatic rings. The number of hydrogen-bond acceptors (Lipinski definition) is 3. The van der Waals surface area contributed by atoms with Crippen molar-refractivity contribution in [1.82, 2.24) is 9.88 Å². The maximum atomic E-state index is 13.3. The molecule has 0 radical (unpaired) electrons. The largest absolute Gasteiger partial charge is 0.383 e. The third kappa shape index (κ3) is 4.56. The smallest absolute Gasteiger partial charge is 0.252 e. The molecule has 3 rings (SSSR count). The number of aryl methyl sites for hydroxylation is 1. The minimum Gasteiger partial charge on any atom is -0.383 e. The number of rotatable bonds is 7. The van der Waals surface area contributed by atoms with E-state index in [1.807, 2.05) is 6.07 Å². The van der Waals surface area contributed by atoms with Gasteiger partial charge in [-0.05, 0) is 42.1 Å². The van der Waals surface area contributed by atoms with Gasteiger partial charge in [-0.2, -0.15) is 0 Å². The molecule has 0 aliphatic carbocycles. The van der Waals surface area contributed by atoms with Crippen LogP contribution in [0.15, 0.2) is 53.3 Å². The summed E-state index contributed by atoms with van der Waals surface area (Å²) in [5.41, 5.74) is 3.39. The molecular formula is C21H23FN2O2. The van der Waals surface area contributed by atoms with Crippen LogP contribution in [0.4, 0.5) is 4.39 Å². The molecule has 1 heterocycles. The first-order valence-electron chi connectivity index (χ1n) is 8.63. The van der Waals surface area contributed by atoms with Gasteiger partial charge in [0.2, 0.25) is 0 Å². The molecule has 0 saturated carbocycles. The molecule has 0 bridgehead atoms. The van der Waals surface area contributed by atoms with Gasteiger partial charge in [-0.25, -0.2) is 4.39 Å². The Labute approximate surface area is 152 Å². The predicted octanol–water partition coefficient (Wildman–Crippen LogP) is 3.62. The number of ether oxygens (including phenoxy) is 1. The van der Waals surface area contributed by atoms with Crippen LogP contribution in [0, 0.1) is 12.7 Å². The summed E-state index contributed by atoms with van der Waals surface area (Å²) in [6.45, 7) is 4.59. The molecule has 0 fully saturated rings. The summed E-state index contributed by atoms with van der Waals surface area (Å²) in [6, 6.07) is 14.6. The molecule has 4 nitrogen and oxygen atoms in total. The summed E-state index contributed by atoms with van der Waals surface area (Å²) in [5.74, 6) is -0.359. The Morgan fingerprint density at radius 2 is 1.85 bits per heavy atom. The second-order valence-electron chi connectivity index (χ2n) is 6.54. The Morgan fingerprint density at radius 1 is 1.08 bits per heavy atom. The number of benzene rings is 2. The lowest BCUT2D eigenvalue weighted by Crippen LogP contribution is -2.29. The number of nitrogens with zero attached hydrogens (tertiary/aromatic N) is 1. The topological polar surface area (TPSA) is 45.3 Å². The van der Waals surface area contributed by atoms with Crippen LogP contribution >= 0.6 is 0 Å². The standard InChI is InChI=1S/C21H23FN2O2/c1-15-3-5-16(6-4-15)13-24(9-10-26-2)14-18-11-17-7-8-19(22)12-20(17)23-21(18)25/h3-8,11-12H,9-10,13-14H2,1-2H3,(H,23,25). The van der Waals surface area contributed by atoms with Crippen molar-refractivity contribution in [2.45, 2.75) is 20.0 Å². The summed E-state index contributed by atoms with van der Waals surface area (Å²) in [7, 11) is 1.67. The summed E-state index contributed by atoms with van der Waals surface area (Å²) < 4.78 is 18.6. The highest BCUT2D eigenvalue weighted by Crippen LogP contribution is 2.15. The fourth-order valence-corrected chi connectivity index (χ4v) is 2.96. The van der Waals surface area contributed by atoms with Crippen molar-refractivity contribution in [1.29, 1.82) is 0 Å². The molecule has 26 heavy (non-hydrogen) atoms. The third-order valence-corrected chi connectivity index (χ3v) is 4.42. The van der Waals surface area contributed by atoms with Crippen LogP contribution < -0.4 is 5.56 Å². The van der Waals surface area contributed by atoms with Gasteiger partial charge in [0.05, 0.1) is 12.1 Å². The second-order valence-corrected chi connectivity index (χ2v) is 6.54. The Balaban J connectivity index is 1.84. The van der Waals surface area contributed by atoms with E-state index in [-0.39, 0.29) is 11.4 Å². The first-order chi connectivity index (χ1) is 12.5. The van der Waals surface area contributed by atoms with E-state index in [0.29, 0.717) is 30.8 Å². The average Bonchev–Trinajstić information content (AvgIpc) is 2.62. The van der Waals surface area contributed by atoms with E-state index < -0.39 is 0 Å². The quantitative estimate of drug-likeness (QED) is 0.705. The van der Waals surface area contributed by atoms with Gasteiger partial charge in [0.15, 0.2) is 0 Å². The number of halogens is 1. The van der Waals surface area contributed by atoms with Gasteiger partial charge in [0.1, 0.15) is 5.82 Å². The molecule has 1 N–H and O–H groups in total. The van der Waals surface area contributed by atoms with Gasteiger partial charge in [0.25, 0.3) is 5.56 Å². The van der Waals surface area contributed by atoms with E-state index in [0.717, 1.165) is 11.9 Å². The van der Waals surface area contributed by atoms with Crippen molar-refractivity contribution in [3.05, 3.63) is 81.4 Å². The molecular weight excluding hydrogens is 331 g/mol. The maximum absolute atomic E-state index is 13.3. The van der Waals surface area contributed by atoms with Crippen LogP contribution in [-0.2, 0) is 17.8 Å². The molecule has 5 heteroatoms. The molecule has 2 aromatic carbocycles. The van der Waals surface area contributed by atoms with E-state index in [1.54, 1.807) is 13.2 Å². The van der Waals surface area contributed by atoms with Gasteiger partial charge in [0, 0.05) is 32.3 Å². The number of aromatic amines is 1. The van der Waals surface area contributed by atoms with Crippen LogP contribution in [0.25, 0.3) is 10.9 Å². The Hall–Kier alpha value is -2.50. The molecule has 0 unspecified atom stereocenters. The number of aromatic nitrogens is 1. The normalized spacial score (nSPS) is 11.4. The molecule has 0 aliphatic rings. The van der Waals surface area contributed by atoms with Gasteiger partial charge in [-0.1, -0.05) is 29.8 Å². The van der Waals surface area contributed by atoms with Crippen LogP contribution in [0.5, 0.6) is 0 Å². The molecule has 0 spiro atoms. The minimum atomic E-state index is -0.359. The molecule has 0 saturated heterocycles. The number of H-pyrrole nitrogens is 1. The SMILES string of the molecule is COCCN(Cc1ccc(C)cc1)Cc1cc2ccc(F)cc2[nH]c1=O. The lowest BCUT2D eigenvalue weighted by atomic mass is 10.1. The summed E-state index contributed by atoms with van der Waals surface area (Å²) in [4.78, 5) is 17.4. The van der Waals surface area contributed by atoms with Crippen molar-refractivity contribution in [3.8, 4) is 0 Å². The number of methoxy groups -OCH3 is 1. The Bertz CT molecular complexity index is 935. The lowest BCUT2D eigenvalue weighted by molar-refractivity contribution is 0.140. The number of hydrogen-bond donors (Lipinski definition) is 1. The Morgan fingerprint density at radius 3 is 2.58 bits per heavy atom. The van der Waals surface area contributed by atoms with Crippen molar-refractivity contribution in [2.75, 3.05) is 20.3 Å². The van der Waals surface area contributed by atoms with Crippen LogP contribution in [0.1, 0.15) is 16.7 Å². The van der Waals surface area contributed by atoms with Crippen LogP contribution in [-0.4, -0.2) is 30.1 Å². The van der Waals surface area contributed by atoms with Gasteiger partial charge < -0.3 is 9.72 Å². The van der Waals surface area contributed by atoms with Gasteiger partial charge >= 0.3 is 0 Å². The summed E-state index contributed by atoms with van der Waals surface area (Å²) in [5, 5.41) is 0.822. The highest BCUT2D eigenvalue weighted by Gasteiger charge is 2.11. The molecule has 0 aliphatic heterocycles. The zero-order valence-corrected chi connectivity index (χ0v) is 15.1. The van der Waals surface area contributed by atoms with Crippen LogP contribution in [0.3, 0.4) is 0 Å². The van der Waals surface area contributed by atoms with Gasteiger partial charge in [-0.3, -0.25) is 9.69 Å². The monoisotopic (exact) mass is 354 g/mol. The second kappa shape index (κ2) is 8.25. The molecule has 0 amide bonds. The van der Waals surface area contributed by atoms with Crippen molar-refractivity contribution >= 4 is 10.9 Å². The van der Waals surface area contributed by atoms with Gasteiger partial charge in [-0.15, -0.1) is 0 Å².